The zero-order valence-corrected chi connectivity index (χ0v) is 16.7. The summed E-state index contributed by atoms with van der Waals surface area (Å²) < 4.78 is 0. The van der Waals surface area contributed by atoms with Crippen LogP contribution >= 0.6 is 11.6 Å². The van der Waals surface area contributed by atoms with Gasteiger partial charge in [0.25, 0.3) is 0 Å². The van der Waals surface area contributed by atoms with Crippen LogP contribution in [-0.2, 0) is 19.4 Å². The minimum atomic E-state index is -0.389. The molecule has 1 fully saturated rings. The molecule has 0 amide bonds. The number of aryl methyl sites for hydroxylation is 2. The first-order valence-electron chi connectivity index (χ1n) is 10.2. The van der Waals surface area contributed by atoms with Gasteiger partial charge in [-0.25, -0.2) is 0 Å². The summed E-state index contributed by atoms with van der Waals surface area (Å²) in [5.41, 5.74) is 5.32. The lowest BCUT2D eigenvalue weighted by Crippen LogP contribution is -2.47. The molecule has 2 aromatic carbocycles. The third-order valence-corrected chi connectivity index (χ3v) is 6.22. The third-order valence-electron chi connectivity index (χ3n) is 5.97. The van der Waals surface area contributed by atoms with Crippen molar-refractivity contribution in [2.75, 3.05) is 32.7 Å². The first kappa shape index (κ1) is 18.9. The molecule has 0 spiro atoms. The molecule has 27 heavy (non-hydrogen) atoms. The minimum absolute atomic E-state index is 0.389. The number of hydrogen-bond acceptors (Lipinski definition) is 3. The second-order valence-electron chi connectivity index (χ2n) is 7.95. The van der Waals surface area contributed by atoms with E-state index in [9.17, 15) is 5.11 Å². The van der Waals surface area contributed by atoms with Crippen molar-refractivity contribution in [3.63, 3.8) is 0 Å². The molecular weight excluding hydrogens is 356 g/mol. The fourth-order valence-corrected chi connectivity index (χ4v) is 4.41. The lowest BCUT2D eigenvalue weighted by molar-refractivity contribution is 0.0700. The van der Waals surface area contributed by atoms with E-state index in [2.05, 4.69) is 40.1 Å². The SMILES string of the molecule is OC(CN1CCN(Cc2ccc(Cl)cc2)CC1)c1ccc2c(c1)CCCC2. The van der Waals surface area contributed by atoms with Gasteiger partial charge in [0.15, 0.2) is 0 Å². The summed E-state index contributed by atoms with van der Waals surface area (Å²) in [6.45, 7) is 5.80. The summed E-state index contributed by atoms with van der Waals surface area (Å²) in [7, 11) is 0. The van der Waals surface area contributed by atoms with E-state index in [0.717, 1.165) is 49.9 Å². The van der Waals surface area contributed by atoms with Crippen LogP contribution in [0.4, 0.5) is 0 Å². The Bertz CT molecular complexity index is 753. The topological polar surface area (TPSA) is 26.7 Å². The predicted octanol–water partition coefficient (Wildman–Crippen LogP) is 4.07. The molecule has 1 atom stereocenters. The summed E-state index contributed by atoms with van der Waals surface area (Å²) in [5.74, 6) is 0. The van der Waals surface area contributed by atoms with Crippen molar-refractivity contribution in [2.45, 2.75) is 38.3 Å². The number of piperazine rings is 1. The number of rotatable bonds is 5. The van der Waals surface area contributed by atoms with Crippen molar-refractivity contribution in [3.05, 3.63) is 69.7 Å². The molecule has 144 valence electrons. The van der Waals surface area contributed by atoms with Gasteiger partial charge in [-0.3, -0.25) is 9.80 Å². The van der Waals surface area contributed by atoms with Crippen molar-refractivity contribution in [2.24, 2.45) is 0 Å². The summed E-state index contributed by atoms with van der Waals surface area (Å²) in [6.07, 6.45) is 4.55. The molecule has 1 aliphatic heterocycles. The molecule has 1 heterocycles. The van der Waals surface area contributed by atoms with E-state index in [1.165, 1.54) is 42.4 Å². The maximum Gasteiger partial charge on any atom is 0.0917 e. The maximum atomic E-state index is 10.7. The van der Waals surface area contributed by atoms with E-state index in [4.69, 9.17) is 11.6 Å². The zero-order chi connectivity index (χ0) is 18.6. The Morgan fingerprint density at radius 1 is 0.852 bits per heavy atom. The van der Waals surface area contributed by atoms with Gasteiger partial charge in [0.05, 0.1) is 6.10 Å². The van der Waals surface area contributed by atoms with Crippen LogP contribution in [0.2, 0.25) is 5.02 Å². The Hall–Kier alpha value is -1.39. The van der Waals surface area contributed by atoms with E-state index < -0.39 is 0 Å². The molecule has 1 unspecified atom stereocenters. The summed E-state index contributed by atoms with van der Waals surface area (Å²) in [5, 5.41) is 11.5. The van der Waals surface area contributed by atoms with E-state index in [-0.39, 0.29) is 6.10 Å². The average Bonchev–Trinajstić information content (AvgIpc) is 2.71. The molecule has 4 heteroatoms. The lowest BCUT2D eigenvalue weighted by atomic mass is 9.89. The quantitative estimate of drug-likeness (QED) is 0.841. The highest BCUT2D eigenvalue weighted by Gasteiger charge is 2.21. The first-order valence-corrected chi connectivity index (χ1v) is 10.5. The predicted molar refractivity (Wildman–Crippen MR) is 111 cm³/mol. The Labute approximate surface area is 167 Å². The Morgan fingerprint density at radius 2 is 1.52 bits per heavy atom. The molecule has 1 saturated heterocycles. The monoisotopic (exact) mass is 384 g/mol. The van der Waals surface area contributed by atoms with E-state index >= 15 is 0 Å². The fraction of sp³-hybridized carbons (Fsp3) is 0.478. The Kier molecular flexibility index (Phi) is 6.14. The van der Waals surface area contributed by atoms with Gasteiger partial charge >= 0.3 is 0 Å². The smallest absolute Gasteiger partial charge is 0.0917 e. The van der Waals surface area contributed by atoms with Crippen LogP contribution < -0.4 is 0 Å². The second kappa shape index (κ2) is 8.74. The van der Waals surface area contributed by atoms with Gasteiger partial charge in [-0.1, -0.05) is 41.9 Å². The highest BCUT2D eigenvalue weighted by Crippen LogP contribution is 2.25. The van der Waals surface area contributed by atoms with Crippen molar-refractivity contribution in [1.29, 1.82) is 0 Å². The van der Waals surface area contributed by atoms with Gasteiger partial charge in [-0.05, 0) is 60.1 Å². The molecule has 1 aliphatic carbocycles. The highest BCUT2D eigenvalue weighted by atomic mass is 35.5. The molecule has 3 nitrogen and oxygen atoms in total. The Morgan fingerprint density at radius 3 is 2.26 bits per heavy atom. The number of nitrogens with zero attached hydrogens (tertiary/aromatic N) is 2. The van der Waals surface area contributed by atoms with Crippen LogP contribution in [-0.4, -0.2) is 47.6 Å². The van der Waals surface area contributed by atoms with Crippen molar-refractivity contribution >= 4 is 11.6 Å². The molecule has 2 aromatic rings. The van der Waals surface area contributed by atoms with Crippen LogP contribution in [0.25, 0.3) is 0 Å². The third kappa shape index (κ3) is 4.91. The number of aliphatic hydroxyl groups excluding tert-OH is 1. The minimum Gasteiger partial charge on any atom is -0.387 e. The molecule has 0 aromatic heterocycles. The molecule has 4 rings (SSSR count). The lowest BCUT2D eigenvalue weighted by Gasteiger charge is -2.35. The molecular formula is C23H29ClN2O. The number of halogens is 1. The molecule has 2 aliphatic rings. The summed E-state index contributed by atoms with van der Waals surface area (Å²) in [4.78, 5) is 4.87. The first-order chi connectivity index (χ1) is 13.2. The number of benzene rings is 2. The van der Waals surface area contributed by atoms with Gasteiger partial charge in [0.2, 0.25) is 0 Å². The van der Waals surface area contributed by atoms with Crippen LogP contribution in [0, 0.1) is 0 Å². The maximum absolute atomic E-state index is 10.7. The number of hydrogen-bond donors (Lipinski definition) is 1. The Balaban J connectivity index is 1.28. The van der Waals surface area contributed by atoms with Crippen LogP contribution in [0.1, 0.15) is 41.2 Å². The van der Waals surface area contributed by atoms with E-state index in [1.54, 1.807) is 0 Å². The highest BCUT2D eigenvalue weighted by molar-refractivity contribution is 6.30. The number of fused-ring (bicyclic) bond motifs is 1. The van der Waals surface area contributed by atoms with Gasteiger partial charge < -0.3 is 5.11 Å². The van der Waals surface area contributed by atoms with Gasteiger partial charge in [0, 0.05) is 44.3 Å². The van der Waals surface area contributed by atoms with Crippen molar-refractivity contribution in [1.82, 2.24) is 9.80 Å². The van der Waals surface area contributed by atoms with Crippen LogP contribution in [0.3, 0.4) is 0 Å². The summed E-state index contributed by atoms with van der Waals surface area (Å²) >= 11 is 5.97. The van der Waals surface area contributed by atoms with Gasteiger partial charge in [-0.15, -0.1) is 0 Å². The fourth-order valence-electron chi connectivity index (χ4n) is 4.29. The second-order valence-corrected chi connectivity index (χ2v) is 8.39. The standard InChI is InChI=1S/C23H29ClN2O/c24-22-9-5-18(6-10-22)16-25-11-13-26(14-12-25)17-23(27)21-8-7-19-3-1-2-4-20(19)15-21/h5-10,15,23,27H,1-4,11-14,16-17H2. The molecule has 0 radical (unpaired) electrons. The van der Waals surface area contributed by atoms with Gasteiger partial charge in [-0.2, -0.15) is 0 Å². The van der Waals surface area contributed by atoms with Crippen molar-refractivity contribution < 1.29 is 5.11 Å². The average molecular weight is 385 g/mol. The van der Waals surface area contributed by atoms with E-state index in [1.807, 2.05) is 12.1 Å². The largest absolute Gasteiger partial charge is 0.387 e. The molecule has 0 bridgehead atoms. The number of β-amino-alcohol motifs (C(OH)–C–C–N with tert-alkyl or cyclic N) is 1. The van der Waals surface area contributed by atoms with Gasteiger partial charge in [0.1, 0.15) is 0 Å². The van der Waals surface area contributed by atoms with Crippen LogP contribution in [0.5, 0.6) is 0 Å². The summed E-state index contributed by atoms with van der Waals surface area (Å²) in [6, 6.07) is 14.7. The molecule has 1 N–H and O–H groups in total. The van der Waals surface area contributed by atoms with Crippen molar-refractivity contribution in [3.8, 4) is 0 Å². The molecule has 0 saturated carbocycles. The van der Waals surface area contributed by atoms with Crippen LogP contribution in [0.15, 0.2) is 42.5 Å². The van der Waals surface area contributed by atoms with E-state index in [0.29, 0.717) is 0 Å². The number of aliphatic hydroxyl groups is 1. The normalized spacial score (nSPS) is 19.6. The zero-order valence-electron chi connectivity index (χ0n) is 15.9.